The van der Waals surface area contributed by atoms with Gasteiger partial charge in [-0.15, -0.1) is 11.3 Å². The number of thiophene rings is 1. The van der Waals surface area contributed by atoms with Crippen molar-refractivity contribution in [2.45, 2.75) is 25.8 Å². The van der Waals surface area contributed by atoms with Crippen LogP contribution >= 0.6 is 11.3 Å². The number of aryl methyl sites for hydroxylation is 2. The normalized spacial score (nSPS) is 21.7. The van der Waals surface area contributed by atoms with E-state index in [0.717, 1.165) is 19.6 Å². The second-order valence-electron chi connectivity index (χ2n) is 4.76. The molecule has 1 N–H and O–H groups in total. The maximum Gasteiger partial charge on any atom is 0.0483 e. The van der Waals surface area contributed by atoms with E-state index >= 15 is 0 Å². The van der Waals surface area contributed by atoms with Crippen LogP contribution in [0.1, 0.15) is 21.7 Å². The Morgan fingerprint density at radius 1 is 1.40 bits per heavy atom. The molecule has 0 amide bonds. The zero-order valence-electron chi connectivity index (χ0n) is 8.91. The third-order valence-corrected chi connectivity index (χ3v) is 4.69. The van der Waals surface area contributed by atoms with E-state index in [1.807, 2.05) is 11.3 Å². The van der Waals surface area contributed by atoms with Gasteiger partial charge in [-0.2, -0.15) is 0 Å². The fourth-order valence-corrected chi connectivity index (χ4v) is 3.91. The fraction of sp³-hybridized carbons (Fsp3) is 0.667. The summed E-state index contributed by atoms with van der Waals surface area (Å²) in [6, 6.07) is 2.40. The Balaban J connectivity index is 1.59. The highest BCUT2D eigenvalue weighted by Gasteiger charge is 2.26. The molecule has 1 aliphatic heterocycles. The minimum absolute atomic E-state index is 0.359. The summed E-state index contributed by atoms with van der Waals surface area (Å²) in [4.78, 5) is 5.59. The molecule has 2 nitrogen and oxygen atoms in total. The first-order valence-electron chi connectivity index (χ1n) is 5.79. The molecule has 82 valence electrons. The SMILES string of the molecule is OCC1CN(Cc2cc3c(s2)CCC3)C1. The van der Waals surface area contributed by atoms with Gasteiger partial charge in [-0.1, -0.05) is 0 Å². The van der Waals surface area contributed by atoms with Gasteiger partial charge in [-0.05, 0) is 30.9 Å². The molecule has 3 rings (SSSR count). The van der Waals surface area contributed by atoms with Crippen molar-refractivity contribution in [2.24, 2.45) is 5.92 Å². The summed E-state index contributed by atoms with van der Waals surface area (Å²) >= 11 is 2.00. The molecule has 3 heteroatoms. The van der Waals surface area contributed by atoms with Crippen LogP contribution in [0.5, 0.6) is 0 Å². The Kier molecular flexibility index (Phi) is 2.54. The van der Waals surface area contributed by atoms with Gasteiger partial charge in [-0.3, -0.25) is 4.90 Å². The summed E-state index contributed by atoms with van der Waals surface area (Å²) in [5.74, 6) is 0.539. The first-order valence-corrected chi connectivity index (χ1v) is 6.60. The highest BCUT2D eigenvalue weighted by atomic mass is 32.1. The third-order valence-electron chi connectivity index (χ3n) is 3.47. The van der Waals surface area contributed by atoms with E-state index in [0.29, 0.717) is 12.5 Å². The summed E-state index contributed by atoms with van der Waals surface area (Å²) in [5, 5.41) is 8.94. The maximum atomic E-state index is 8.94. The van der Waals surface area contributed by atoms with Crippen molar-refractivity contribution < 1.29 is 5.11 Å². The third kappa shape index (κ3) is 1.84. The van der Waals surface area contributed by atoms with Crippen molar-refractivity contribution in [3.05, 3.63) is 21.4 Å². The molecular formula is C12H17NOS. The molecule has 0 saturated carbocycles. The topological polar surface area (TPSA) is 23.5 Å². The summed E-state index contributed by atoms with van der Waals surface area (Å²) in [6.45, 7) is 3.63. The van der Waals surface area contributed by atoms with Gasteiger partial charge in [0.25, 0.3) is 0 Å². The number of nitrogens with zero attached hydrogens (tertiary/aromatic N) is 1. The molecule has 1 saturated heterocycles. The van der Waals surface area contributed by atoms with E-state index < -0.39 is 0 Å². The van der Waals surface area contributed by atoms with Crippen LogP contribution < -0.4 is 0 Å². The Morgan fingerprint density at radius 3 is 3.00 bits per heavy atom. The van der Waals surface area contributed by atoms with Crippen LogP contribution in [0.15, 0.2) is 6.07 Å². The van der Waals surface area contributed by atoms with Crippen molar-refractivity contribution in [3.63, 3.8) is 0 Å². The predicted molar refractivity (Wildman–Crippen MR) is 62.2 cm³/mol. The summed E-state index contributed by atoms with van der Waals surface area (Å²) in [6.07, 6.45) is 3.96. The number of hydrogen-bond acceptors (Lipinski definition) is 3. The van der Waals surface area contributed by atoms with Gasteiger partial charge in [0.2, 0.25) is 0 Å². The summed E-state index contributed by atoms with van der Waals surface area (Å²) < 4.78 is 0. The largest absolute Gasteiger partial charge is 0.396 e. The van der Waals surface area contributed by atoms with Crippen LogP contribution in [-0.4, -0.2) is 29.7 Å². The highest BCUT2D eigenvalue weighted by Crippen LogP contribution is 2.32. The Morgan fingerprint density at radius 2 is 2.27 bits per heavy atom. The van der Waals surface area contributed by atoms with E-state index in [9.17, 15) is 0 Å². The van der Waals surface area contributed by atoms with Crippen molar-refractivity contribution in [1.82, 2.24) is 4.90 Å². The van der Waals surface area contributed by atoms with E-state index in [1.54, 1.807) is 10.4 Å². The molecule has 0 unspecified atom stereocenters. The molecular weight excluding hydrogens is 206 g/mol. The van der Waals surface area contributed by atoms with E-state index in [4.69, 9.17) is 5.11 Å². The predicted octanol–water partition coefficient (Wildman–Crippen LogP) is 1.66. The highest BCUT2D eigenvalue weighted by molar-refractivity contribution is 7.12. The van der Waals surface area contributed by atoms with Crippen molar-refractivity contribution in [3.8, 4) is 0 Å². The van der Waals surface area contributed by atoms with E-state index in [2.05, 4.69) is 11.0 Å². The standard InChI is InChI=1S/C12H17NOS/c14-8-9-5-13(6-9)7-11-4-10-2-1-3-12(10)15-11/h4,9,14H,1-3,5-8H2. The Hall–Kier alpha value is -0.380. The van der Waals surface area contributed by atoms with Crippen molar-refractivity contribution in [1.29, 1.82) is 0 Å². The van der Waals surface area contributed by atoms with E-state index in [1.165, 1.54) is 24.1 Å². The quantitative estimate of drug-likeness (QED) is 0.842. The molecule has 0 aromatic carbocycles. The Labute approximate surface area is 94.5 Å². The zero-order valence-corrected chi connectivity index (χ0v) is 9.72. The van der Waals surface area contributed by atoms with Crippen LogP contribution in [0.3, 0.4) is 0 Å². The minimum Gasteiger partial charge on any atom is -0.396 e. The molecule has 2 aliphatic rings. The molecule has 1 fully saturated rings. The number of aliphatic hydroxyl groups is 1. The lowest BCUT2D eigenvalue weighted by Gasteiger charge is -2.37. The van der Waals surface area contributed by atoms with Gasteiger partial charge in [0.1, 0.15) is 0 Å². The molecule has 15 heavy (non-hydrogen) atoms. The molecule has 0 radical (unpaired) electrons. The second kappa shape index (κ2) is 3.89. The molecule has 0 bridgehead atoms. The average molecular weight is 223 g/mol. The molecule has 0 spiro atoms. The monoisotopic (exact) mass is 223 g/mol. The lowest BCUT2D eigenvalue weighted by molar-refractivity contribution is 0.0487. The smallest absolute Gasteiger partial charge is 0.0483 e. The number of rotatable bonds is 3. The number of fused-ring (bicyclic) bond motifs is 1. The molecule has 1 aromatic rings. The van der Waals surface area contributed by atoms with Gasteiger partial charge in [0.05, 0.1) is 0 Å². The zero-order chi connectivity index (χ0) is 10.3. The molecule has 0 atom stereocenters. The lowest BCUT2D eigenvalue weighted by atomic mass is 10.0. The van der Waals surface area contributed by atoms with Crippen LogP contribution in [0.25, 0.3) is 0 Å². The van der Waals surface area contributed by atoms with E-state index in [-0.39, 0.29) is 0 Å². The van der Waals surface area contributed by atoms with Gasteiger partial charge in [0, 0.05) is 41.9 Å². The number of hydrogen-bond donors (Lipinski definition) is 1. The minimum atomic E-state index is 0.359. The van der Waals surface area contributed by atoms with Gasteiger partial charge < -0.3 is 5.11 Å². The van der Waals surface area contributed by atoms with Crippen molar-refractivity contribution >= 4 is 11.3 Å². The molecule has 1 aliphatic carbocycles. The average Bonchev–Trinajstić information content (AvgIpc) is 2.69. The van der Waals surface area contributed by atoms with Crippen LogP contribution in [0.2, 0.25) is 0 Å². The Bertz CT molecular complexity index is 333. The summed E-state index contributed by atoms with van der Waals surface area (Å²) in [7, 11) is 0. The molecule has 2 heterocycles. The van der Waals surface area contributed by atoms with Crippen LogP contribution in [0.4, 0.5) is 0 Å². The maximum absolute atomic E-state index is 8.94. The second-order valence-corrected chi connectivity index (χ2v) is 5.98. The summed E-state index contributed by atoms with van der Waals surface area (Å²) in [5.41, 5.74) is 1.61. The van der Waals surface area contributed by atoms with Crippen LogP contribution in [0, 0.1) is 5.92 Å². The number of likely N-dealkylation sites (tertiary alicyclic amines) is 1. The van der Waals surface area contributed by atoms with Crippen LogP contribution in [-0.2, 0) is 19.4 Å². The lowest BCUT2D eigenvalue weighted by Crippen LogP contribution is -2.47. The fourth-order valence-electron chi connectivity index (χ4n) is 2.61. The first-order chi connectivity index (χ1) is 7.35. The van der Waals surface area contributed by atoms with Gasteiger partial charge >= 0.3 is 0 Å². The first kappa shape index (κ1) is 9.82. The van der Waals surface area contributed by atoms with Crippen molar-refractivity contribution in [2.75, 3.05) is 19.7 Å². The van der Waals surface area contributed by atoms with Gasteiger partial charge in [0.15, 0.2) is 0 Å². The number of aliphatic hydroxyl groups excluding tert-OH is 1. The van der Waals surface area contributed by atoms with Gasteiger partial charge in [-0.25, -0.2) is 0 Å². The molecule has 1 aromatic heterocycles.